The predicted molar refractivity (Wildman–Crippen MR) is 60.2 cm³/mol. The summed E-state index contributed by atoms with van der Waals surface area (Å²) in [4.78, 5) is 13.6. The summed E-state index contributed by atoms with van der Waals surface area (Å²) >= 11 is 0. The maximum Gasteiger partial charge on any atom is 0.239 e. The third-order valence-corrected chi connectivity index (χ3v) is 2.62. The molecule has 0 bridgehead atoms. The van der Waals surface area contributed by atoms with Gasteiger partial charge >= 0.3 is 0 Å². The Bertz CT molecular complexity index is 180. The van der Waals surface area contributed by atoms with Gasteiger partial charge in [0.25, 0.3) is 0 Å². The van der Waals surface area contributed by atoms with Crippen LogP contribution in [-0.2, 0) is 4.79 Å². The van der Waals surface area contributed by atoms with Gasteiger partial charge in [0, 0.05) is 13.1 Å². The maximum atomic E-state index is 11.8. The van der Waals surface area contributed by atoms with Crippen LogP contribution in [0.5, 0.6) is 0 Å². The van der Waals surface area contributed by atoms with Crippen molar-refractivity contribution in [2.24, 2.45) is 5.92 Å². The second-order valence-electron chi connectivity index (χ2n) is 4.44. The Morgan fingerprint density at radius 1 is 1.29 bits per heavy atom. The Morgan fingerprint density at radius 3 is 2.14 bits per heavy atom. The van der Waals surface area contributed by atoms with Crippen molar-refractivity contribution < 1.29 is 4.79 Å². The molecule has 0 saturated heterocycles. The Labute approximate surface area is 87.9 Å². The first kappa shape index (κ1) is 13.4. The van der Waals surface area contributed by atoms with E-state index in [0.29, 0.717) is 12.0 Å². The number of nitrogens with one attached hydrogen (secondary N) is 1. The van der Waals surface area contributed by atoms with Gasteiger partial charge in [0.15, 0.2) is 0 Å². The number of carbonyl (C=O) groups excluding carboxylic acids is 1. The minimum atomic E-state index is -0.0883. The number of carbonyl (C=O) groups is 1. The lowest BCUT2D eigenvalue weighted by molar-refractivity contribution is -0.133. The molecule has 0 saturated carbocycles. The lowest BCUT2D eigenvalue weighted by Crippen LogP contribution is -2.45. The molecular weight excluding hydrogens is 176 g/mol. The van der Waals surface area contributed by atoms with E-state index < -0.39 is 0 Å². The van der Waals surface area contributed by atoms with Crippen LogP contribution in [0.3, 0.4) is 0 Å². The molecule has 3 nitrogen and oxygen atoms in total. The van der Waals surface area contributed by atoms with Gasteiger partial charge in [-0.3, -0.25) is 4.79 Å². The number of rotatable bonds is 5. The molecule has 0 aliphatic heterocycles. The molecule has 0 spiro atoms. The van der Waals surface area contributed by atoms with Crippen LogP contribution in [0.2, 0.25) is 0 Å². The minimum absolute atomic E-state index is 0.0883. The third-order valence-electron chi connectivity index (χ3n) is 2.62. The van der Waals surface area contributed by atoms with Crippen molar-refractivity contribution in [2.75, 3.05) is 14.1 Å². The first-order valence-electron chi connectivity index (χ1n) is 5.34. The number of hydrogen-bond donors (Lipinski definition) is 1. The largest absolute Gasteiger partial charge is 0.342 e. The molecule has 0 aromatic heterocycles. The molecule has 1 N–H and O–H groups in total. The number of nitrogens with zero attached hydrogens (tertiary/aromatic N) is 1. The van der Waals surface area contributed by atoms with Gasteiger partial charge in [-0.1, -0.05) is 13.8 Å². The predicted octanol–water partition coefficient (Wildman–Crippen LogP) is 1.49. The van der Waals surface area contributed by atoms with E-state index in [1.54, 1.807) is 0 Å². The highest BCUT2D eigenvalue weighted by molar-refractivity contribution is 5.81. The topological polar surface area (TPSA) is 32.3 Å². The summed E-state index contributed by atoms with van der Waals surface area (Å²) in [5.74, 6) is 0.797. The Hall–Kier alpha value is -0.570. The highest BCUT2D eigenvalue weighted by atomic mass is 16.2. The van der Waals surface area contributed by atoms with E-state index in [0.717, 1.165) is 6.42 Å². The SMILES string of the molecule is CNC(C)C(=O)N(C)C(C)CC(C)C. The molecule has 2 unspecified atom stereocenters. The van der Waals surface area contributed by atoms with Crippen molar-refractivity contribution in [3.63, 3.8) is 0 Å². The highest BCUT2D eigenvalue weighted by Gasteiger charge is 2.20. The average molecular weight is 200 g/mol. The number of hydrogen-bond acceptors (Lipinski definition) is 2. The van der Waals surface area contributed by atoms with E-state index in [4.69, 9.17) is 0 Å². The van der Waals surface area contributed by atoms with Crippen molar-refractivity contribution in [3.05, 3.63) is 0 Å². The van der Waals surface area contributed by atoms with Crippen LogP contribution in [0.25, 0.3) is 0 Å². The minimum Gasteiger partial charge on any atom is -0.342 e. The zero-order valence-electron chi connectivity index (χ0n) is 10.3. The van der Waals surface area contributed by atoms with Crippen molar-refractivity contribution in [1.82, 2.24) is 10.2 Å². The maximum absolute atomic E-state index is 11.8. The molecule has 0 fully saturated rings. The van der Waals surface area contributed by atoms with Gasteiger partial charge in [-0.25, -0.2) is 0 Å². The molecule has 0 heterocycles. The molecule has 2 atom stereocenters. The van der Waals surface area contributed by atoms with Gasteiger partial charge in [-0.15, -0.1) is 0 Å². The van der Waals surface area contributed by atoms with Gasteiger partial charge in [-0.2, -0.15) is 0 Å². The molecule has 1 amide bonds. The van der Waals surface area contributed by atoms with E-state index in [2.05, 4.69) is 26.1 Å². The van der Waals surface area contributed by atoms with Crippen molar-refractivity contribution in [1.29, 1.82) is 0 Å². The third kappa shape index (κ3) is 4.09. The van der Waals surface area contributed by atoms with Crippen LogP contribution in [0.15, 0.2) is 0 Å². The normalized spacial score (nSPS) is 15.4. The zero-order valence-corrected chi connectivity index (χ0v) is 10.3. The van der Waals surface area contributed by atoms with Gasteiger partial charge in [0.1, 0.15) is 0 Å². The molecule has 84 valence electrons. The van der Waals surface area contributed by atoms with Crippen LogP contribution < -0.4 is 5.32 Å². The molecule has 14 heavy (non-hydrogen) atoms. The average Bonchev–Trinajstić information content (AvgIpc) is 2.13. The first-order valence-corrected chi connectivity index (χ1v) is 5.34. The lowest BCUT2D eigenvalue weighted by atomic mass is 10.0. The second kappa shape index (κ2) is 6.02. The van der Waals surface area contributed by atoms with Crippen LogP contribution in [0.4, 0.5) is 0 Å². The van der Waals surface area contributed by atoms with E-state index in [1.165, 1.54) is 0 Å². The van der Waals surface area contributed by atoms with Gasteiger partial charge in [-0.05, 0) is 33.2 Å². The van der Waals surface area contributed by atoms with Crippen LogP contribution in [-0.4, -0.2) is 37.0 Å². The Balaban J connectivity index is 4.16. The summed E-state index contributed by atoms with van der Waals surface area (Å²) < 4.78 is 0. The molecule has 0 aromatic rings. The van der Waals surface area contributed by atoms with E-state index >= 15 is 0 Å². The monoisotopic (exact) mass is 200 g/mol. The summed E-state index contributed by atoms with van der Waals surface area (Å²) in [6.07, 6.45) is 1.05. The fraction of sp³-hybridized carbons (Fsp3) is 0.909. The summed E-state index contributed by atoms with van der Waals surface area (Å²) in [6, 6.07) is 0.230. The fourth-order valence-electron chi connectivity index (χ4n) is 1.49. The van der Waals surface area contributed by atoms with Gasteiger partial charge < -0.3 is 10.2 Å². The number of amides is 1. The number of likely N-dealkylation sites (N-methyl/N-ethyl adjacent to an activating group) is 2. The second-order valence-corrected chi connectivity index (χ2v) is 4.44. The summed E-state index contributed by atoms with van der Waals surface area (Å²) in [5.41, 5.74) is 0. The first-order chi connectivity index (χ1) is 6.40. The van der Waals surface area contributed by atoms with Gasteiger partial charge in [0.05, 0.1) is 6.04 Å². The molecule has 0 aliphatic carbocycles. The molecule has 3 heteroatoms. The molecule has 0 rings (SSSR count). The van der Waals surface area contributed by atoms with E-state index in [-0.39, 0.29) is 11.9 Å². The zero-order chi connectivity index (χ0) is 11.3. The highest BCUT2D eigenvalue weighted by Crippen LogP contribution is 2.10. The quantitative estimate of drug-likeness (QED) is 0.729. The summed E-state index contributed by atoms with van der Waals surface area (Å²) in [7, 11) is 3.69. The van der Waals surface area contributed by atoms with Crippen molar-refractivity contribution >= 4 is 5.91 Å². The van der Waals surface area contributed by atoms with Gasteiger partial charge in [0.2, 0.25) is 5.91 Å². The van der Waals surface area contributed by atoms with Crippen LogP contribution in [0, 0.1) is 5.92 Å². The Morgan fingerprint density at radius 2 is 1.79 bits per heavy atom. The van der Waals surface area contributed by atoms with Crippen LogP contribution >= 0.6 is 0 Å². The lowest BCUT2D eigenvalue weighted by Gasteiger charge is -2.28. The molecule has 0 radical (unpaired) electrons. The van der Waals surface area contributed by atoms with E-state index in [9.17, 15) is 4.79 Å². The molecular formula is C11H24N2O. The molecule has 0 aromatic carbocycles. The van der Waals surface area contributed by atoms with Crippen molar-refractivity contribution in [2.45, 2.75) is 46.2 Å². The Kier molecular flexibility index (Phi) is 5.77. The standard InChI is InChI=1S/C11H24N2O/c1-8(2)7-9(3)13(6)11(14)10(4)12-5/h8-10,12H,7H2,1-6H3. The van der Waals surface area contributed by atoms with Crippen LogP contribution in [0.1, 0.15) is 34.1 Å². The smallest absolute Gasteiger partial charge is 0.239 e. The fourth-order valence-corrected chi connectivity index (χ4v) is 1.49. The van der Waals surface area contributed by atoms with Crippen molar-refractivity contribution in [3.8, 4) is 0 Å². The summed E-state index contributed by atoms with van der Waals surface area (Å²) in [6.45, 7) is 8.34. The molecule has 0 aliphatic rings. The summed E-state index contributed by atoms with van der Waals surface area (Å²) in [5, 5.41) is 2.96. The van der Waals surface area contributed by atoms with E-state index in [1.807, 2.05) is 25.9 Å².